The van der Waals surface area contributed by atoms with Crippen LogP contribution < -0.4 is 42.5 Å². The largest absolute Gasteiger partial charge is 0.0622 e. The fraction of sp³-hybridized carbons (Fsp3) is 0.105. The zero-order valence-corrected chi connectivity index (χ0v) is 44.6. The minimum atomic E-state index is -3.57. The molecule has 2 N–H and O–H groups in total. The smallest absolute Gasteiger partial charge is 0.0134 e. The van der Waals surface area contributed by atoms with Crippen molar-refractivity contribution in [3.05, 3.63) is 243 Å². The van der Waals surface area contributed by atoms with Gasteiger partial charge in [-0.1, -0.05) is 182 Å². The number of hydrogen-bond acceptors (Lipinski definition) is 8. The SMILES string of the molecule is C[C@H]1COCCN1c1cc(CS(=O)(=O)c2ccncc2)nc(-c2ccc(N)cc2)n1.[Cl][Pd][Cl].c1ccc(P(c2ccccc2)c2ccccc2)cc1.c1ccc(P(c2ccccc2)c2ccccc2)cc1. The van der Waals surface area contributed by atoms with Gasteiger partial charge < -0.3 is 15.4 Å². The quantitative estimate of drug-likeness (QED) is 0.0775. The van der Waals surface area contributed by atoms with E-state index in [4.69, 9.17) is 34.5 Å². The molecule has 1 aliphatic heterocycles. The van der Waals surface area contributed by atoms with Gasteiger partial charge in [0.25, 0.3) is 0 Å². The molecule has 7 aromatic carbocycles. The van der Waals surface area contributed by atoms with E-state index in [1.54, 1.807) is 18.2 Å². The molecule has 3 heterocycles. The van der Waals surface area contributed by atoms with Crippen LogP contribution in [-0.2, 0) is 36.3 Å². The predicted octanol–water partition coefficient (Wildman–Crippen LogP) is 10.6. The van der Waals surface area contributed by atoms with Gasteiger partial charge in [-0.3, -0.25) is 4.98 Å². The summed E-state index contributed by atoms with van der Waals surface area (Å²) in [6.45, 7) is 3.91. The third-order valence-electron chi connectivity index (χ3n) is 11.0. The van der Waals surface area contributed by atoms with Crippen molar-refractivity contribution in [2.45, 2.75) is 23.6 Å². The maximum Gasteiger partial charge on any atom is -0.0134 e. The summed E-state index contributed by atoms with van der Waals surface area (Å²) in [6.07, 6.45) is 2.93. The molecule has 364 valence electrons. The van der Waals surface area contributed by atoms with Gasteiger partial charge in [0.2, 0.25) is 0 Å². The van der Waals surface area contributed by atoms with E-state index in [1.165, 1.54) is 56.4 Å². The molecule has 10 rings (SSSR count). The maximum absolute atomic E-state index is 12.9. The fourth-order valence-corrected chi connectivity index (χ4v) is 13.6. The molecule has 71 heavy (non-hydrogen) atoms. The molecule has 1 fully saturated rings. The normalized spacial score (nSPS) is 13.2. The number of nitrogens with two attached hydrogens (primary N) is 1. The van der Waals surface area contributed by atoms with Crippen LogP contribution in [-0.4, -0.2) is 49.2 Å². The Kier molecular flexibility index (Phi) is 20.9. The molecular weight excluding hydrogens is 1070 g/mol. The Balaban J connectivity index is 0.000000158. The molecule has 0 radical (unpaired) electrons. The Bertz CT molecular complexity index is 2750. The Morgan fingerprint density at radius 2 is 0.972 bits per heavy atom. The van der Waals surface area contributed by atoms with Crippen molar-refractivity contribution in [2.75, 3.05) is 30.4 Å². The van der Waals surface area contributed by atoms with Gasteiger partial charge in [-0.15, -0.1) is 0 Å². The van der Waals surface area contributed by atoms with Gasteiger partial charge in [0.1, 0.15) is 5.82 Å². The number of anilines is 2. The van der Waals surface area contributed by atoms with E-state index < -0.39 is 25.7 Å². The van der Waals surface area contributed by atoms with Crippen LogP contribution in [0.4, 0.5) is 11.5 Å². The standard InChI is InChI=1S/C21H23N5O3S.2C18H15P.2ClH.Pd/c1-15-13-29-11-10-26(15)20-12-18(14-30(27,28)19-6-8-23-9-7-19)24-21(25-20)16-2-4-17(22)5-3-16;2*1-4-10-16(11-5-1)19(17-12-6-2-7-13-17)18-14-8-3-9-15-18;;;/h2-9,12,15H,10-11,13-14,22H2,1H3;2*1-15H;2*1H;/q;;;;;+2/p-2/t15-;;;;;/m0...../s1. The number of nitrogens with zero attached hydrogens (tertiary/aromatic N) is 4. The van der Waals surface area contributed by atoms with Crippen LogP contribution in [0.1, 0.15) is 12.6 Å². The van der Waals surface area contributed by atoms with Crippen molar-refractivity contribution in [1.82, 2.24) is 15.0 Å². The van der Waals surface area contributed by atoms with Gasteiger partial charge >= 0.3 is 35.0 Å². The zero-order chi connectivity index (χ0) is 49.7. The summed E-state index contributed by atoms with van der Waals surface area (Å²) in [5, 5.41) is 8.39. The van der Waals surface area contributed by atoms with Crippen LogP contribution in [0, 0.1) is 0 Å². The molecule has 14 heteroatoms. The van der Waals surface area contributed by atoms with E-state index in [-0.39, 0.29) is 32.6 Å². The molecule has 0 saturated carbocycles. The average Bonchev–Trinajstić information content (AvgIpc) is 3.42. The Morgan fingerprint density at radius 1 is 0.592 bits per heavy atom. The van der Waals surface area contributed by atoms with E-state index in [0.29, 0.717) is 42.8 Å². The van der Waals surface area contributed by atoms with Crippen molar-refractivity contribution in [3.8, 4) is 11.4 Å². The molecule has 0 amide bonds. The van der Waals surface area contributed by atoms with Crippen molar-refractivity contribution < 1.29 is 29.1 Å². The number of nitrogen functional groups attached to an aromatic ring is 1. The molecule has 0 unspecified atom stereocenters. The van der Waals surface area contributed by atoms with Gasteiger partial charge in [0.15, 0.2) is 15.7 Å². The average molecular weight is 1130 g/mol. The molecule has 9 aromatic rings. The van der Waals surface area contributed by atoms with Crippen LogP contribution >= 0.6 is 34.9 Å². The minimum Gasteiger partial charge on any atom is -0.0622 e. The number of pyridine rings is 1. The van der Waals surface area contributed by atoms with Gasteiger partial charge in [0, 0.05) is 36.3 Å². The van der Waals surface area contributed by atoms with Crippen molar-refractivity contribution in [1.29, 1.82) is 0 Å². The topological polar surface area (TPSA) is 111 Å². The predicted molar refractivity (Wildman–Crippen MR) is 297 cm³/mol. The molecule has 1 saturated heterocycles. The number of ether oxygens (including phenoxy) is 1. The van der Waals surface area contributed by atoms with E-state index in [2.05, 4.69) is 204 Å². The van der Waals surface area contributed by atoms with Gasteiger partial charge in [-0.25, -0.2) is 18.4 Å². The summed E-state index contributed by atoms with van der Waals surface area (Å²) in [7, 11) is 5.16. The second kappa shape index (κ2) is 27.8. The van der Waals surface area contributed by atoms with Crippen LogP contribution in [0.3, 0.4) is 0 Å². The molecule has 0 spiro atoms. The fourth-order valence-electron chi connectivity index (χ4n) is 7.71. The van der Waals surface area contributed by atoms with Crippen LogP contribution in [0.15, 0.2) is 242 Å². The van der Waals surface area contributed by atoms with Crippen molar-refractivity contribution >= 4 is 88.1 Å². The Labute approximate surface area is 436 Å². The van der Waals surface area contributed by atoms with E-state index in [1.807, 2.05) is 12.1 Å². The summed E-state index contributed by atoms with van der Waals surface area (Å²) >= 11 is -0.106. The zero-order valence-electron chi connectivity index (χ0n) is 38.9. The van der Waals surface area contributed by atoms with Gasteiger partial charge in [-0.2, -0.15) is 0 Å². The number of benzene rings is 7. The maximum atomic E-state index is 12.9. The Morgan fingerprint density at radius 3 is 1.34 bits per heavy atom. The van der Waals surface area contributed by atoms with Crippen molar-refractivity contribution in [2.24, 2.45) is 0 Å². The third kappa shape index (κ3) is 15.7. The summed E-state index contributed by atoms with van der Waals surface area (Å²) in [4.78, 5) is 15.5. The second-order valence-corrected chi connectivity index (χ2v) is 24.7. The first kappa shape index (κ1) is 53.2. The van der Waals surface area contributed by atoms with Crippen molar-refractivity contribution in [3.63, 3.8) is 0 Å². The molecule has 0 bridgehead atoms. The van der Waals surface area contributed by atoms with E-state index in [9.17, 15) is 8.42 Å². The molecule has 8 nitrogen and oxygen atoms in total. The summed E-state index contributed by atoms with van der Waals surface area (Å²) < 4.78 is 31.3. The van der Waals surface area contributed by atoms with E-state index in [0.717, 1.165) is 5.56 Å². The first-order valence-electron chi connectivity index (χ1n) is 22.7. The summed E-state index contributed by atoms with van der Waals surface area (Å²) in [6, 6.07) is 76.7. The van der Waals surface area contributed by atoms with Crippen LogP contribution in [0.25, 0.3) is 11.4 Å². The van der Waals surface area contributed by atoms with Crippen LogP contribution in [0.2, 0.25) is 0 Å². The third-order valence-corrected chi connectivity index (χ3v) is 17.6. The number of sulfone groups is 1. The molecule has 2 aromatic heterocycles. The Hall–Kier alpha value is -5.62. The number of halogens is 2. The van der Waals surface area contributed by atoms with E-state index >= 15 is 0 Å². The number of morpholine rings is 1. The summed E-state index contributed by atoms with van der Waals surface area (Å²) in [5.41, 5.74) is 7.64. The monoisotopic (exact) mass is 1130 g/mol. The second-order valence-electron chi connectivity index (χ2n) is 16.0. The first-order chi connectivity index (χ1) is 34.7. The number of aromatic nitrogens is 3. The number of hydrogen-bond donors (Lipinski definition) is 1. The minimum absolute atomic E-state index is 0.106. The van der Waals surface area contributed by atoms with Gasteiger partial charge in [-0.05, 0) is 91.0 Å². The number of rotatable bonds is 11. The van der Waals surface area contributed by atoms with Crippen LogP contribution in [0.5, 0.6) is 0 Å². The first-order valence-corrected chi connectivity index (χ1v) is 31.0. The molecule has 0 aliphatic carbocycles. The molecular formula is C57H53Cl2N5O3P2PdS. The summed E-state index contributed by atoms with van der Waals surface area (Å²) in [5.74, 6) is 0.923. The molecule has 1 atom stereocenters. The molecule has 1 aliphatic rings. The van der Waals surface area contributed by atoms with Gasteiger partial charge in [0.05, 0.1) is 35.6 Å².